The van der Waals surface area contributed by atoms with Crippen LogP contribution in [0.2, 0.25) is 13.1 Å². The van der Waals surface area contributed by atoms with Gasteiger partial charge in [0.05, 0.1) is 0 Å². The van der Waals surface area contributed by atoms with E-state index in [9.17, 15) is 4.79 Å². The lowest BCUT2D eigenvalue weighted by Crippen LogP contribution is -2.20. The second-order valence-corrected chi connectivity index (χ2v) is 5.28. The smallest absolute Gasteiger partial charge is 0.397 e. The van der Waals surface area contributed by atoms with Crippen molar-refractivity contribution in [2.45, 2.75) is 13.1 Å². The highest BCUT2D eigenvalue weighted by Crippen LogP contribution is 2.05. The first-order chi connectivity index (χ1) is 6.18. The Bertz CT molecular complexity index is 274. The molecule has 13 heavy (non-hydrogen) atoms. The lowest BCUT2D eigenvalue weighted by Gasteiger charge is -2.08. The van der Waals surface area contributed by atoms with Gasteiger partial charge in [-0.05, 0) is 25.2 Å². The second kappa shape index (κ2) is 4.66. The van der Waals surface area contributed by atoms with Crippen molar-refractivity contribution < 1.29 is 9.22 Å². The zero-order chi connectivity index (χ0) is 9.68. The highest BCUT2D eigenvalue weighted by molar-refractivity contribution is 6.50. The molecular formula is C9H13NO2Si. The predicted octanol–water partition coefficient (Wildman–Crippen LogP) is 2.22. The molecule has 4 heteroatoms. The molecule has 3 nitrogen and oxygen atoms in total. The standard InChI is InChI=1S/C9H13NO2Si/c1-13(2)12-9(11)10-8-6-4-3-5-7-8/h3-7,13H,1-2H3,(H,10,11). The molecule has 0 saturated heterocycles. The molecule has 0 bridgehead atoms. The number of hydrogen-bond acceptors (Lipinski definition) is 2. The summed E-state index contributed by atoms with van der Waals surface area (Å²) in [6.07, 6.45) is -0.354. The van der Waals surface area contributed by atoms with E-state index >= 15 is 0 Å². The van der Waals surface area contributed by atoms with Gasteiger partial charge in [0.15, 0.2) is 0 Å². The summed E-state index contributed by atoms with van der Waals surface area (Å²) < 4.78 is 5.04. The molecule has 1 amide bonds. The zero-order valence-electron chi connectivity index (χ0n) is 7.78. The highest BCUT2D eigenvalue weighted by Gasteiger charge is 2.04. The van der Waals surface area contributed by atoms with Crippen molar-refractivity contribution in [3.05, 3.63) is 30.3 Å². The Labute approximate surface area is 79.5 Å². The normalized spacial score (nSPS) is 9.77. The SMILES string of the molecule is C[SiH](C)OC(=O)Nc1ccccc1. The Balaban J connectivity index is 2.46. The summed E-state index contributed by atoms with van der Waals surface area (Å²) in [7, 11) is -1.28. The molecule has 1 rings (SSSR count). The van der Waals surface area contributed by atoms with Gasteiger partial charge in [0.25, 0.3) is 0 Å². The minimum atomic E-state index is -1.28. The van der Waals surface area contributed by atoms with E-state index in [4.69, 9.17) is 4.43 Å². The average Bonchev–Trinajstić information content (AvgIpc) is 2.04. The molecule has 0 aliphatic rings. The Morgan fingerprint density at radius 3 is 2.46 bits per heavy atom. The van der Waals surface area contributed by atoms with E-state index in [1.165, 1.54) is 0 Å². The average molecular weight is 195 g/mol. The second-order valence-electron chi connectivity index (χ2n) is 2.95. The monoisotopic (exact) mass is 195 g/mol. The van der Waals surface area contributed by atoms with Crippen molar-refractivity contribution in [1.29, 1.82) is 0 Å². The first kappa shape index (κ1) is 9.79. The number of amides is 1. The fourth-order valence-electron chi connectivity index (χ4n) is 0.883. The lowest BCUT2D eigenvalue weighted by atomic mass is 10.3. The highest BCUT2D eigenvalue weighted by atomic mass is 28.3. The van der Waals surface area contributed by atoms with E-state index in [1.807, 2.05) is 43.4 Å². The molecule has 1 aromatic rings. The Morgan fingerprint density at radius 1 is 1.31 bits per heavy atom. The van der Waals surface area contributed by atoms with Crippen LogP contribution in [-0.4, -0.2) is 15.1 Å². The molecule has 1 N–H and O–H groups in total. The molecule has 0 saturated carbocycles. The Morgan fingerprint density at radius 2 is 1.92 bits per heavy atom. The number of benzene rings is 1. The van der Waals surface area contributed by atoms with E-state index in [-0.39, 0.29) is 6.09 Å². The maximum absolute atomic E-state index is 11.1. The van der Waals surface area contributed by atoms with Crippen molar-refractivity contribution in [2.24, 2.45) is 0 Å². The van der Waals surface area contributed by atoms with Crippen molar-refractivity contribution in [3.8, 4) is 0 Å². The van der Waals surface area contributed by atoms with Crippen LogP contribution in [0.3, 0.4) is 0 Å². The first-order valence-electron chi connectivity index (χ1n) is 4.21. The third kappa shape index (κ3) is 3.75. The van der Waals surface area contributed by atoms with Crippen LogP contribution in [0, 0.1) is 0 Å². The van der Waals surface area contributed by atoms with Gasteiger partial charge in [-0.3, -0.25) is 5.32 Å². The maximum atomic E-state index is 11.1. The van der Waals surface area contributed by atoms with Crippen LogP contribution in [0.4, 0.5) is 10.5 Å². The largest absolute Gasteiger partial charge is 0.507 e. The van der Waals surface area contributed by atoms with E-state index in [0.29, 0.717) is 0 Å². The van der Waals surface area contributed by atoms with Crippen LogP contribution in [0.1, 0.15) is 0 Å². The van der Waals surface area contributed by atoms with Gasteiger partial charge in [-0.1, -0.05) is 18.2 Å². The minimum absolute atomic E-state index is 0.354. The van der Waals surface area contributed by atoms with Gasteiger partial charge < -0.3 is 4.43 Å². The molecule has 0 aliphatic heterocycles. The summed E-state index contributed by atoms with van der Waals surface area (Å²) >= 11 is 0. The number of carbonyl (C=O) groups is 1. The number of rotatable bonds is 2. The molecule has 70 valence electrons. The van der Waals surface area contributed by atoms with E-state index in [0.717, 1.165) is 5.69 Å². The molecule has 0 spiro atoms. The third-order valence-corrected chi connectivity index (χ3v) is 2.05. The van der Waals surface area contributed by atoms with Gasteiger partial charge in [-0.15, -0.1) is 0 Å². The molecule has 0 heterocycles. The summed E-state index contributed by atoms with van der Waals surface area (Å²) in [5, 5.41) is 2.65. The van der Waals surface area contributed by atoms with E-state index in [1.54, 1.807) is 0 Å². The molecule has 0 aliphatic carbocycles. The van der Waals surface area contributed by atoms with Crippen molar-refractivity contribution in [2.75, 3.05) is 5.32 Å². The summed E-state index contributed by atoms with van der Waals surface area (Å²) in [5.74, 6) is 0. The molecule has 0 unspecified atom stereocenters. The number of para-hydroxylation sites is 1. The fourth-order valence-corrected chi connectivity index (χ4v) is 1.37. The quantitative estimate of drug-likeness (QED) is 0.735. The van der Waals surface area contributed by atoms with Gasteiger partial charge in [0.2, 0.25) is 9.04 Å². The van der Waals surface area contributed by atoms with Crippen LogP contribution in [-0.2, 0) is 4.43 Å². The molecule has 0 atom stereocenters. The third-order valence-electron chi connectivity index (χ3n) is 1.36. The van der Waals surface area contributed by atoms with E-state index < -0.39 is 9.04 Å². The van der Waals surface area contributed by atoms with Crippen LogP contribution in [0.15, 0.2) is 30.3 Å². The Hall–Kier alpha value is -1.29. The van der Waals surface area contributed by atoms with Crippen LogP contribution < -0.4 is 5.32 Å². The van der Waals surface area contributed by atoms with Gasteiger partial charge in [-0.25, -0.2) is 4.79 Å². The number of hydrogen-bond donors (Lipinski definition) is 1. The van der Waals surface area contributed by atoms with E-state index in [2.05, 4.69) is 5.32 Å². The zero-order valence-corrected chi connectivity index (χ0v) is 8.94. The Kier molecular flexibility index (Phi) is 3.51. The summed E-state index contributed by atoms with van der Waals surface area (Å²) in [6.45, 7) is 3.90. The summed E-state index contributed by atoms with van der Waals surface area (Å²) in [4.78, 5) is 11.1. The van der Waals surface area contributed by atoms with Crippen LogP contribution >= 0.6 is 0 Å². The van der Waals surface area contributed by atoms with Crippen molar-refractivity contribution in [1.82, 2.24) is 0 Å². The molecule has 1 aromatic carbocycles. The summed E-state index contributed by atoms with van der Waals surface area (Å²) in [6, 6.07) is 9.27. The van der Waals surface area contributed by atoms with Crippen LogP contribution in [0.5, 0.6) is 0 Å². The van der Waals surface area contributed by atoms with Gasteiger partial charge in [0, 0.05) is 5.69 Å². The van der Waals surface area contributed by atoms with Crippen molar-refractivity contribution in [3.63, 3.8) is 0 Å². The summed E-state index contributed by atoms with van der Waals surface area (Å²) in [5.41, 5.74) is 0.766. The molecule has 0 aromatic heterocycles. The van der Waals surface area contributed by atoms with Gasteiger partial charge in [-0.2, -0.15) is 0 Å². The molecule has 0 fully saturated rings. The van der Waals surface area contributed by atoms with Crippen LogP contribution in [0.25, 0.3) is 0 Å². The molecule has 0 radical (unpaired) electrons. The topological polar surface area (TPSA) is 38.3 Å². The minimum Gasteiger partial charge on any atom is -0.507 e. The number of nitrogens with one attached hydrogen (secondary N) is 1. The van der Waals surface area contributed by atoms with Crippen molar-refractivity contribution >= 4 is 20.8 Å². The fraction of sp³-hybridized carbons (Fsp3) is 0.222. The van der Waals surface area contributed by atoms with Gasteiger partial charge >= 0.3 is 6.09 Å². The number of anilines is 1. The first-order valence-corrected chi connectivity index (χ1v) is 6.99. The predicted molar refractivity (Wildman–Crippen MR) is 55.4 cm³/mol. The van der Waals surface area contributed by atoms with Gasteiger partial charge in [0.1, 0.15) is 0 Å². The molecular weight excluding hydrogens is 182 g/mol. The number of carbonyl (C=O) groups excluding carboxylic acids is 1. The lowest BCUT2D eigenvalue weighted by molar-refractivity contribution is 0.216. The maximum Gasteiger partial charge on any atom is 0.397 e.